The molecule has 0 aromatic heterocycles. The summed E-state index contributed by atoms with van der Waals surface area (Å²) in [6, 6.07) is 4.99. The molecule has 1 aromatic carbocycles. The van der Waals surface area contributed by atoms with Crippen LogP contribution >= 0.6 is 11.6 Å². The minimum absolute atomic E-state index is 0.0409. The summed E-state index contributed by atoms with van der Waals surface area (Å²) in [7, 11) is 0. The average molecular weight is 269 g/mol. The Morgan fingerprint density at radius 3 is 2.50 bits per heavy atom. The van der Waals surface area contributed by atoms with E-state index in [-0.39, 0.29) is 17.7 Å². The van der Waals surface area contributed by atoms with Crippen LogP contribution in [0.4, 0.5) is 11.4 Å². The van der Waals surface area contributed by atoms with E-state index in [1.54, 1.807) is 18.2 Å². The predicted molar refractivity (Wildman–Crippen MR) is 73.8 cm³/mol. The van der Waals surface area contributed by atoms with E-state index in [4.69, 9.17) is 11.6 Å². The Bertz CT molecular complexity index is 460. The molecule has 18 heavy (non-hydrogen) atoms. The first-order chi connectivity index (χ1) is 8.43. The van der Waals surface area contributed by atoms with Gasteiger partial charge in [0.05, 0.1) is 10.7 Å². The second-order valence-corrected chi connectivity index (χ2v) is 4.58. The smallest absolute Gasteiger partial charge is 0.227 e. The molecule has 0 bridgehead atoms. The van der Waals surface area contributed by atoms with Crippen molar-refractivity contribution in [3.63, 3.8) is 0 Å². The first-order valence-electron chi connectivity index (χ1n) is 5.82. The molecular weight excluding hydrogens is 252 g/mol. The number of benzene rings is 1. The van der Waals surface area contributed by atoms with Gasteiger partial charge in [0.15, 0.2) is 0 Å². The fraction of sp³-hybridized carbons (Fsp3) is 0.385. The number of amides is 2. The van der Waals surface area contributed by atoms with Crippen molar-refractivity contribution >= 4 is 34.8 Å². The summed E-state index contributed by atoms with van der Waals surface area (Å²) < 4.78 is 0. The van der Waals surface area contributed by atoms with E-state index in [1.165, 1.54) is 6.92 Å². The Balaban J connectivity index is 2.78. The van der Waals surface area contributed by atoms with Crippen LogP contribution in [0.2, 0.25) is 5.02 Å². The molecule has 0 radical (unpaired) electrons. The van der Waals surface area contributed by atoms with E-state index in [1.807, 2.05) is 13.8 Å². The molecule has 1 aromatic rings. The van der Waals surface area contributed by atoms with Crippen molar-refractivity contribution in [2.24, 2.45) is 5.92 Å². The normalized spacial score (nSPS) is 11.8. The van der Waals surface area contributed by atoms with Crippen LogP contribution in [0.3, 0.4) is 0 Å². The van der Waals surface area contributed by atoms with Crippen LogP contribution in [0.1, 0.15) is 27.2 Å². The Morgan fingerprint density at radius 1 is 1.33 bits per heavy atom. The maximum atomic E-state index is 11.7. The Labute approximate surface area is 112 Å². The van der Waals surface area contributed by atoms with Gasteiger partial charge in [0.2, 0.25) is 11.8 Å². The molecule has 0 saturated heterocycles. The third kappa shape index (κ3) is 4.04. The predicted octanol–water partition coefficient (Wildman–Crippen LogP) is 3.28. The number of rotatable bonds is 4. The van der Waals surface area contributed by atoms with E-state index in [0.717, 1.165) is 6.42 Å². The Kier molecular flexibility index (Phi) is 5.16. The molecule has 0 fully saturated rings. The molecule has 0 spiro atoms. The molecule has 2 amide bonds. The van der Waals surface area contributed by atoms with Gasteiger partial charge in [-0.05, 0) is 24.6 Å². The van der Waals surface area contributed by atoms with E-state index in [0.29, 0.717) is 16.4 Å². The largest absolute Gasteiger partial charge is 0.326 e. The van der Waals surface area contributed by atoms with Crippen molar-refractivity contribution in [1.82, 2.24) is 0 Å². The molecule has 98 valence electrons. The van der Waals surface area contributed by atoms with Gasteiger partial charge in [-0.25, -0.2) is 0 Å². The fourth-order valence-corrected chi connectivity index (χ4v) is 1.56. The summed E-state index contributed by atoms with van der Waals surface area (Å²) in [5, 5.41) is 5.78. The van der Waals surface area contributed by atoms with Crippen molar-refractivity contribution in [2.45, 2.75) is 27.2 Å². The lowest BCUT2D eigenvalue weighted by molar-refractivity contribution is -0.119. The number of carbonyl (C=O) groups excluding carboxylic acids is 2. The molecule has 5 heteroatoms. The molecule has 4 nitrogen and oxygen atoms in total. The van der Waals surface area contributed by atoms with Crippen LogP contribution in [-0.2, 0) is 9.59 Å². The summed E-state index contributed by atoms with van der Waals surface area (Å²) >= 11 is 6.00. The third-order valence-corrected chi connectivity index (χ3v) is 2.92. The van der Waals surface area contributed by atoms with Crippen molar-refractivity contribution in [1.29, 1.82) is 0 Å². The molecule has 0 aliphatic heterocycles. The van der Waals surface area contributed by atoms with E-state index in [9.17, 15) is 9.59 Å². The topological polar surface area (TPSA) is 58.2 Å². The summed E-state index contributed by atoms with van der Waals surface area (Å²) in [6.07, 6.45) is 0.781. The lowest BCUT2D eigenvalue weighted by Crippen LogP contribution is -2.19. The van der Waals surface area contributed by atoms with Crippen LogP contribution in [0.15, 0.2) is 18.2 Å². The van der Waals surface area contributed by atoms with Gasteiger partial charge >= 0.3 is 0 Å². The minimum atomic E-state index is -0.187. The highest BCUT2D eigenvalue weighted by molar-refractivity contribution is 6.34. The second kappa shape index (κ2) is 6.40. The molecule has 0 saturated carbocycles. The molecule has 0 unspecified atom stereocenters. The number of hydrogen-bond donors (Lipinski definition) is 2. The molecular formula is C13H17ClN2O2. The Hall–Kier alpha value is -1.55. The maximum absolute atomic E-state index is 11.7. The molecule has 1 atom stereocenters. The number of anilines is 2. The molecule has 2 N–H and O–H groups in total. The van der Waals surface area contributed by atoms with Crippen molar-refractivity contribution in [3.05, 3.63) is 23.2 Å². The van der Waals surface area contributed by atoms with Crippen molar-refractivity contribution in [3.8, 4) is 0 Å². The zero-order valence-electron chi connectivity index (χ0n) is 10.7. The van der Waals surface area contributed by atoms with Crippen LogP contribution in [0.5, 0.6) is 0 Å². The van der Waals surface area contributed by atoms with Crippen LogP contribution in [0.25, 0.3) is 0 Å². The van der Waals surface area contributed by atoms with E-state index in [2.05, 4.69) is 10.6 Å². The number of carbonyl (C=O) groups is 2. The first-order valence-corrected chi connectivity index (χ1v) is 6.19. The second-order valence-electron chi connectivity index (χ2n) is 4.17. The van der Waals surface area contributed by atoms with Crippen LogP contribution < -0.4 is 10.6 Å². The number of hydrogen-bond acceptors (Lipinski definition) is 2. The van der Waals surface area contributed by atoms with Gasteiger partial charge in [-0.2, -0.15) is 0 Å². The fourth-order valence-electron chi connectivity index (χ4n) is 1.33. The van der Waals surface area contributed by atoms with Gasteiger partial charge in [0.25, 0.3) is 0 Å². The summed E-state index contributed by atoms with van der Waals surface area (Å²) in [6.45, 7) is 5.23. The zero-order chi connectivity index (χ0) is 13.7. The molecule has 0 aliphatic rings. The highest BCUT2D eigenvalue weighted by Crippen LogP contribution is 2.25. The lowest BCUT2D eigenvalue weighted by atomic mass is 10.1. The summed E-state index contributed by atoms with van der Waals surface area (Å²) in [5.74, 6) is -0.270. The minimum Gasteiger partial charge on any atom is -0.326 e. The highest BCUT2D eigenvalue weighted by Gasteiger charge is 2.11. The summed E-state index contributed by atoms with van der Waals surface area (Å²) in [4.78, 5) is 22.6. The van der Waals surface area contributed by atoms with Gasteiger partial charge in [-0.15, -0.1) is 0 Å². The highest BCUT2D eigenvalue weighted by atomic mass is 35.5. The monoisotopic (exact) mass is 268 g/mol. The van der Waals surface area contributed by atoms with Crippen LogP contribution in [0, 0.1) is 5.92 Å². The quantitative estimate of drug-likeness (QED) is 0.880. The van der Waals surface area contributed by atoms with Crippen molar-refractivity contribution < 1.29 is 9.59 Å². The molecule has 1 rings (SSSR count). The third-order valence-electron chi connectivity index (χ3n) is 2.61. The average Bonchev–Trinajstić information content (AvgIpc) is 2.31. The zero-order valence-corrected chi connectivity index (χ0v) is 11.5. The van der Waals surface area contributed by atoms with E-state index >= 15 is 0 Å². The lowest BCUT2D eigenvalue weighted by Gasteiger charge is -2.11. The van der Waals surface area contributed by atoms with Crippen molar-refractivity contribution in [2.75, 3.05) is 10.6 Å². The van der Waals surface area contributed by atoms with E-state index < -0.39 is 0 Å². The van der Waals surface area contributed by atoms with Gasteiger partial charge in [-0.3, -0.25) is 9.59 Å². The van der Waals surface area contributed by atoms with Gasteiger partial charge in [0.1, 0.15) is 0 Å². The number of halogens is 1. The first kappa shape index (κ1) is 14.5. The van der Waals surface area contributed by atoms with Gasteiger partial charge < -0.3 is 10.6 Å². The maximum Gasteiger partial charge on any atom is 0.227 e. The van der Waals surface area contributed by atoms with Gasteiger partial charge in [0, 0.05) is 18.5 Å². The molecule has 0 heterocycles. The van der Waals surface area contributed by atoms with Crippen LogP contribution in [-0.4, -0.2) is 11.8 Å². The summed E-state index contributed by atoms with van der Waals surface area (Å²) in [5.41, 5.74) is 1.16. The Morgan fingerprint density at radius 2 is 2.00 bits per heavy atom. The standard InChI is InChI=1S/C13H17ClN2O2/c1-4-8(2)13(18)16-10-5-6-12(11(14)7-10)15-9(3)17/h5-8H,4H2,1-3H3,(H,15,17)(H,16,18)/t8-/m0/s1. The van der Waals surface area contributed by atoms with Gasteiger partial charge in [-0.1, -0.05) is 25.4 Å². The number of nitrogens with one attached hydrogen (secondary N) is 2. The SMILES string of the molecule is CC[C@H](C)C(=O)Nc1ccc(NC(C)=O)c(Cl)c1. The molecule has 0 aliphatic carbocycles.